The summed E-state index contributed by atoms with van der Waals surface area (Å²) in [7, 11) is 1.30. The van der Waals surface area contributed by atoms with Crippen molar-refractivity contribution in [3.8, 4) is 0 Å². The number of alkyl carbamates (subject to hydrolysis) is 1. The standard InChI is InChI=1S/C13H25NO4/c1-12(2,3)8-9(10(15)17-7)14-11(16)18-13(4,5)6/h9H,8H2,1-7H3,(H,14,16)/t9-/m0/s1. The molecule has 1 N–H and O–H groups in total. The van der Waals surface area contributed by atoms with Crippen molar-refractivity contribution < 1.29 is 19.1 Å². The fourth-order valence-corrected chi connectivity index (χ4v) is 1.40. The minimum Gasteiger partial charge on any atom is -0.467 e. The lowest BCUT2D eigenvalue weighted by atomic mass is 9.88. The summed E-state index contributed by atoms with van der Waals surface area (Å²) in [5.74, 6) is -0.462. The molecule has 5 nitrogen and oxygen atoms in total. The van der Waals surface area contributed by atoms with E-state index in [0.717, 1.165) is 0 Å². The third kappa shape index (κ3) is 7.92. The summed E-state index contributed by atoms with van der Waals surface area (Å²) in [6.07, 6.45) is -0.124. The number of carbonyl (C=O) groups excluding carboxylic acids is 2. The molecule has 1 atom stereocenters. The number of ether oxygens (including phenoxy) is 2. The largest absolute Gasteiger partial charge is 0.467 e. The molecule has 0 saturated heterocycles. The van der Waals surface area contributed by atoms with Crippen LogP contribution >= 0.6 is 0 Å². The predicted octanol–water partition coefficient (Wildman–Crippen LogP) is 2.49. The van der Waals surface area contributed by atoms with Crippen molar-refractivity contribution in [3.63, 3.8) is 0 Å². The van der Waals surface area contributed by atoms with Gasteiger partial charge in [-0.3, -0.25) is 0 Å². The normalized spacial score (nSPS) is 13.7. The second kappa shape index (κ2) is 6.07. The number of amides is 1. The molecule has 0 unspecified atom stereocenters. The lowest BCUT2D eigenvalue weighted by Crippen LogP contribution is -2.45. The van der Waals surface area contributed by atoms with E-state index in [1.807, 2.05) is 20.8 Å². The van der Waals surface area contributed by atoms with Crippen molar-refractivity contribution >= 4 is 12.1 Å². The molecule has 1 amide bonds. The van der Waals surface area contributed by atoms with E-state index in [2.05, 4.69) is 10.1 Å². The number of nitrogens with one attached hydrogen (secondary N) is 1. The van der Waals surface area contributed by atoms with Gasteiger partial charge in [-0.25, -0.2) is 9.59 Å². The Labute approximate surface area is 109 Å². The smallest absolute Gasteiger partial charge is 0.408 e. The Balaban J connectivity index is 4.61. The summed E-state index contributed by atoms with van der Waals surface area (Å²) in [5.41, 5.74) is -0.694. The molecule has 0 radical (unpaired) electrons. The van der Waals surface area contributed by atoms with Crippen molar-refractivity contribution in [2.24, 2.45) is 5.41 Å². The fraction of sp³-hybridized carbons (Fsp3) is 0.846. The van der Waals surface area contributed by atoms with E-state index < -0.39 is 23.7 Å². The quantitative estimate of drug-likeness (QED) is 0.791. The molecule has 0 spiro atoms. The van der Waals surface area contributed by atoms with Crippen LogP contribution in [0.3, 0.4) is 0 Å². The van der Waals surface area contributed by atoms with Gasteiger partial charge in [-0.05, 0) is 32.6 Å². The molecule has 5 heteroatoms. The number of rotatable bonds is 3. The van der Waals surface area contributed by atoms with Crippen LogP contribution in [0.2, 0.25) is 0 Å². The van der Waals surface area contributed by atoms with Crippen LogP contribution in [0, 0.1) is 5.41 Å². The second-order valence-electron chi connectivity index (χ2n) is 6.49. The first-order valence-electron chi connectivity index (χ1n) is 6.02. The summed E-state index contributed by atoms with van der Waals surface area (Å²) < 4.78 is 9.80. The fourth-order valence-electron chi connectivity index (χ4n) is 1.40. The first-order chi connectivity index (χ1) is 7.94. The number of esters is 1. The van der Waals surface area contributed by atoms with Crippen LogP contribution in [0.4, 0.5) is 4.79 Å². The van der Waals surface area contributed by atoms with E-state index in [4.69, 9.17) is 4.74 Å². The zero-order chi connectivity index (χ0) is 14.6. The highest BCUT2D eigenvalue weighted by Gasteiger charge is 2.28. The van der Waals surface area contributed by atoms with Gasteiger partial charge in [0.2, 0.25) is 0 Å². The molecule has 0 aromatic rings. The van der Waals surface area contributed by atoms with Gasteiger partial charge in [0.15, 0.2) is 0 Å². The van der Waals surface area contributed by atoms with Crippen LogP contribution in [0.1, 0.15) is 48.0 Å². The molecule has 18 heavy (non-hydrogen) atoms. The van der Waals surface area contributed by atoms with Gasteiger partial charge in [0, 0.05) is 0 Å². The van der Waals surface area contributed by atoms with Crippen LogP contribution in [0.5, 0.6) is 0 Å². The Morgan fingerprint density at radius 2 is 1.61 bits per heavy atom. The summed E-state index contributed by atoms with van der Waals surface area (Å²) in [6.45, 7) is 11.3. The molecule has 0 aliphatic heterocycles. The van der Waals surface area contributed by atoms with Gasteiger partial charge in [-0.1, -0.05) is 20.8 Å². The highest BCUT2D eigenvalue weighted by atomic mass is 16.6. The lowest BCUT2D eigenvalue weighted by molar-refractivity contribution is -0.143. The summed E-state index contributed by atoms with van der Waals surface area (Å²) in [5, 5.41) is 2.55. The maximum Gasteiger partial charge on any atom is 0.408 e. The van der Waals surface area contributed by atoms with Crippen LogP contribution in [0.15, 0.2) is 0 Å². The highest BCUT2D eigenvalue weighted by molar-refractivity contribution is 5.81. The lowest BCUT2D eigenvalue weighted by Gasteiger charge is -2.26. The third-order valence-electron chi connectivity index (χ3n) is 1.99. The number of methoxy groups -OCH3 is 1. The van der Waals surface area contributed by atoms with Gasteiger partial charge in [-0.2, -0.15) is 0 Å². The molecule has 0 fully saturated rings. The van der Waals surface area contributed by atoms with Gasteiger partial charge in [0.25, 0.3) is 0 Å². The molecule has 0 saturated carbocycles. The van der Waals surface area contributed by atoms with Gasteiger partial charge < -0.3 is 14.8 Å². The van der Waals surface area contributed by atoms with Crippen molar-refractivity contribution in [1.82, 2.24) is 5.32 Å². The van der Waals surface area contributed by atoms with E-state index in [1.165, 1.54) is 7.11 Å². The van der Waals surface area contributed by atoms with E-state index >= 15 is 0 Å². The Kier molecular flexibility index (Phi) is 5.64. The van der Waals surface area contributed by atoms with Gasteiger partial charge in [-0.15, -0.1) is 0 Å². The minimum atomic E-state index is -0.690. The number of carbonyl (C=O) groups is 2. The van der Waals surface area contributed by atoms with E-state index in [9.17, 15) is 9.59 Å². The van der Waals surface area contributed by atoms with Crippen LogP contribution in [-0.4, -0.2) is 30.8 Å². The first kappa shape index (κ1) is 16.7. The Morgan fingerprint density at radius 1 is 1.11 bits per heavy atom. The van der Waals surface area contributed by atoms with Crippen LogP contribution in [0.25, 0.3) is 0 Å². The van der Waals surface area contributed by atoms with Crippen molar-refractivity contribution in [2.45, 2.75) is 59.6 Å². The molecule has 0 bridgehead atoms. The van der Waals surface area contributed by atoms with Crippen LogP contribution in [-0.2, 0) is 14.3 Å². The molecule has 0 aliphatic rings. The van der Waals surface area contributed by atoms with Crippen molar-refractivity contribution in [1.29, 1.82) is 0 Å². The average molecular weight is 259 g/mol. The molecular weight excluding hydrogens is 234 g/mol. The van der Waals surface area contributed by atoms with E-state index in [-0.39, 0.29) is 5.41 Å². The van der Waals surface area contributed by atoms with Crippen molar-refractivity contribution in [3.05, 3.63) is 0 Å². The second-order valence-corrected chi connectivity index (χ2v) is 6.49. The summed E-state index contributed by atoms with van der Waals surface area (Å²) in [4.78, 5) is 23.2. The zero-order valence-electron chi connectivity index (χ0n) is 12.4. The minimum absolute atomic E-state index is 0.103. The zero-order valence-corrected chi connectivity index (χ0v) is 12.4. The monoisotopic (exact) mass is 259 g/mol. The van der Waals surface area contributed by atoms with E-state index in [0.29, 0.717) is 6.42 Å². The Morgan fingerprint density at radius 3 is 1.94 bits per heavy atom. The van der Waals surface area contributed by atoms with Gasteiger partial charge >= 0.3 is 12.1 Å². The number of hydrogen-bond donors (Lipinski definition) is 1. The van der Waals surface area contributed by atoms with Gasteiger partial charge in [0.1, 0.15) is 11.6 Å². The topological polar surface area (TPSA) is 64.6 Å². The molecule has 0 aromatic carbocycles. The molecule has 0 aliphatic carbocycles. The first-order valence-corrected chi connectivity index (χ1v) is 6.02. The van der Waals surface area contributed by atoms with Gasteiger partial charge in [0.05, 0.1) is 7.11 Å². The van der Waals surface area contributed by atoms with Crippen molar-refractivity contribution in [2.75, 3.05) is 7.11 Å². The van der Waals surface area contributed by atoms with Crippen LogP contribution < -0.4 is 5.32 Å². The number of hydrogen-bond acceptors (Lipinski definition) is 4. The third-order valence-corrected chi connectivity index (χ3v) is 1.99. The maximum atomic E-state index is 11.6. The Bertz CT molecular complexity index is 299. The summed E-state index contributed by atoms with van der Waals surface area (Å²) >= 11 is 0. The SMILES string of the molecule is COC(=O)[C@H](CC(C)(C)C)NC(=O)OC(C)(C)C. The molecular formula is C13H25NO4. The average Bonchev–Trinajstić information content (AvgIpc) is 2.10. The van der Waals surface area contributed by atoms with E-state index in [1.54, 1.807) is 20.8 Å². The Hall–Kier alpha value is -1.26. The molecule has 0 aromatic heterocycles. The predicted molar refractivity (Wildman–Crippen MR) is 69.2 cm³/mol. The summed E-state index contributed by atoms with van der Waals surface area (Å²) in [6, 6.07) is -0.690. The molecule has 106 valence electrons. The molecule has 0 heterocycles. The highest BCUT2D eigenvalue weighted by Crippen LogP contribution is 2.21. The maximum absolute atomic E-state index is 11.6. The molecule has 0 rings (SSSR count).